The highest BCUT2D eigenvalue weighted by Crippen LogP contribution is 2.29. The van der Waals surface area contributed by atoms with Gasteiger partial charge in [0.25, 0.3) is 0 Å². The second kappa shape index (κ2) is 4.11. The number of fused-ring (bicyclic) bond motifs is 1. The monoisotopic (exact) mass is 230 g/mol. The zero-order chi connectivity index (χ0) is 11.8. The zero-order valence-electron chi connectivity index (χ0n) is 10.3. The van der Waals surface area contributed by atoms with Crippen molar-refractivity contribution in [1.29, 1.82) is 0 Å². The number of hydrogen-bond acceptors (Lipinski definition) is 3. The van der Waals surface area contributed by atoms with Crippen molar-refractivity contribution in [2.24, 2.45) is 5.92 Å². The van der Waals surface area contributed by atoms with E-state index in [0.717, 1.165) is 25.2 Å². The summed E-state index contributed by atoms with van der Waals surface area (Å²) < 4.78 is 2.32. The maximum Gasteiger partial charge on any atom is 0.114 e. The molecule has 1 aliphatic heterocycles. The lowest BCUT2D eigenvalue weighted by Crippen LogP contribution is -2.14. The Labute approximate surface area is 101 Å². The molecule has 0 saturated carbocycles. The van der Waals surface area contributed by atoms with Gasteiger partial charge in [0.2, 0.25) is 0 Å². The quantitative estimate of drug-likeness (QED) is 0.855. The minimum Gasteiger partial charge on any atom is -0.328 e. The Bertz CT molecular complexity index is 531. The molecule has 4 heteroatoms. The Morgan fingerprint density at radius 1 is 1.47 bits per heavy atom. The number of hydrogen-bond donors (Lipinski definition) is 1. The number of pyridine rings is 1. The van der Waals surface area contributed by atoms with Crippen LogP contribution in [0.2, 0.25) is 0 Å². The number of aryl methyl sites for hydroxylation is 1. The Morgan fingerprint density at radius 3 is 3.06 bits per heavy atom. The molecule has 4 nitrogen and oxygen atoms in total. The van der Waals surface area contributed by atoms with Crippen molar-refractivity contribution in [3.05, 3.63) is 24.3 Å². The Hall–Kier alpha value is -1.42. The van der Waals surface area contributed by atoms with Gasteiger partial charge in [0.1, 0.15) is 11.3 Å². The summed E-state index contributed by atoms with van der Waals surface area (Å²) >= 11 is 0. The lowest BCUT2D eigenvalue weighted by atomic mass is 9.97. The first-order valence-electron chi connectivity index (χ1n) is 6.32. The van der Waals surface area contributed by atoms with Gasteiger partial charge in [0.05, 0.1) is 11.7 Å². The van der Waals surface area contributed by atoms with Crippen LogP contribution < -0.4 is 5.32 Å². The molecule has 17 heavy (non-hydrogen) atoms. The van der Waals surface area contributed by atoms with E-state index in [1.165, 1.54) is 11.3 Å². The number of imidazole rings is 1. The maximum atomic E-state index is 4.78. The molecule has 0 amide bonds. The second-order valence-electron chi connectivity index (χ2n) is 4.82. The SMILES string of the molecule is CCn1c([C@@H]2CNC[C@H]2C)nc2cnccc21. The van der Waals surface area contributed by atoms with Crippen LogP contribution in [0, 0.1) is 5.92 Å². The number of aromatic nitrogens is 3. The number of nitrogens with zero attached hydrogens (tertiary/aromatic N) is 3. The van der Waals surface area contributed by atoms with E-state index in [0.29, 0.717) is 11.8 Å². The Balaban J connectivity index is 2.15. The summed E-state index contributed by atoms with van der Waals surface area (Å²) in [4.78, 5) is 8.93. The first kappa shape index (κ1) is 10.7. The fourth-order valence-corrected chi connectivity index (χ4v) is 2.77. The van der Waals surface area contributed by atoms with Gasteiger partial charge in [-0.1, -0.05) is 6.92 Å². The van der Waals surface area contributed by atoms with Crippen LogP contribution in [0.1, 0.15) is 25.6 Å². The highest BCUT2D eigenvalue weighted by molar-refractivity contribution is 5.74. The van der Waals surface area contributed by atoms with Gasteiger partial charge < -0.3 is 9.88 Å². The first-order chi connectivity index (χ1) is 8.31. The fourth-order valence-electron chi connectivity index (χ4n) is 2.77. The van der Waals surface area contributed by atoms with E-state index < -0.39 is 0 Å². The zero-order valence-corrected chi connectivity index (χ0v) is 10.3. The Morgan fingerprint density at radius 2 is 2.35 bits per heavy atom. The van der Waals surface area contributed by atoms with Gasteiger partial charge >= 0.3 is 0 Å². The molecular formula is C13H18N4. The van der Waals surface area contributed by atoms with Crippen molar-refractivity contribution in [3.8, 4) is 0 Å². The van der Waals surface area contributed by atoms with Crippen molar-refractivity contribution >= 4 is 11.0 Å². The number of rotatable bonds is 2. The van der Waals surface area contributed by atoms with Gasteiger partial charge in [-0.15, -0.1) is 0 Å². The van der Waals surface area contributed by atoms with Crippen LogP contribution in [0.4, 0.5) is 0 Å². The summed E-state index contributed by atoms with van der Waals surface area (Å²) in [7, 11) is 0. The molecule has 1 N–H and O–H groups in total. The van der Waals surface area contributed by atoms with E-state index in [4.69, 9.17) is 4.98 Å². The van der Waals surface area contributed by atoms with Crippen LogP contribution in [0.25, 0.3) is 11.0 Å². The van der Waals surface area contributed by atoms with Gasteiger partial charge in [-0.25, -0.2) is 4.98 Å². The predicted molar refractivity (Wildman–Crippen MR) is 68.0 cm³/mol. The van der Waals surface area contributed by atoms with Crippen LogP contribution in [-0.4, -0.2) is 27.6 Å². The summed E-state index contributed by atoms with van der Waals surface area (Å²) in [5.41, 5.74) is 2.22. The van der Waals surface area contributed by atoms with E-state index in [9.17, 15) is 0 Å². The smallest absolute Gasteiger partial charge is 0.114 e. The van der Waals surface area contributed by atoms with Gasteiger partial charge in [0.15, 0.2) is 0 Å². The molecule has 0 aromatic carbocycles. The molecule has 3 rings (SSSR count). The summed E-state index contributed by atoms with van der Waals surface area (Å²) in [6.07, 6.45) is 3.70. The Kier molecular flexibility index (Phi) is 2.59. The molecule has 0 radical (unpaired) electrons. The second-order valence-corrected chi connectivity index (χ2v) is 4.82. The topological polar surface area (TPSA) is 42.7 Å². The average Bonchev–Trinajstić information content (AvgIpc) is 2.91. The molecule has 0 spiro atoms. The predicted octanol–water partition coefficient (Wildman–Crippen LogP) is 1.77. The van der Waals surface area contributed by atoms with Crippen LogP contribution in [-0.2, 0) is 6.54 Å². The van der Waals surface area contributed by atoms with Gasteiger partial charge in [-0.3, -0.25) is 4.98 Å². The molecule has 1 fully saturated rings. The lowest BCUT2D eigenvalue weighted by Gasteiger charge is -2.15. The third kappa shape index (κ3) is 1.63. The van der Waals surface area contributed by atoms with Crippen molar-refractivity contribution in [2.45, 2.75) is 26.3 Å². The molecule has 1 saturated heterocycles. The fraction of sp³-hybridized carbons (Fsp3) is 0.538. The molecule has 2 aromatic heterocycles. The summed E-state index contributed by atoms with van der Waals surface area (Å²) in [6, 6.07) is 2.06. The van der Waals surface area contributed by atoms with E-state index in [2.05, 4.69) is 34.8 Å². The molecule has 0 aliphatic carbocycles. The summed E-state index contributed by atoms with van der Waals surface area (Å²) in [5, 5.41) is 3.45. The van der Waals surface area contributed by atoms with Gasteiger partial charge in [-0.05, 0) is 25.5 Å². The van der Waals surface area contributed by atoms with Crippen molar-refractivity contribution < 1.29 is 0 Å². The van der Waals surface area contributed by atoms with Crippen LogP contribution in [0.3, 0.4) is 0 Å². The van der Waals surface area contributed by atoms with Gasteiger partial charge in [-0.2, -0.15) is 0 Å². The average molecular weight is 230 g/mol. The van der Waals surface area contributed by atoms with E-state index >= 15 is 0 Å². The molecular weight excluding hydrogens is 212 g/mol. The maximum absolute atomic E-state index is 4.78. The van der Waals surface area contributed by atoms with Crippen molar-refractivity contribution in [2.75, 3.05) is 13.1 Å². The minimum absolute atomic E-state index is 0.530. The number of nitrogens with one attached hydrogen (secondary N) is 1. The summed E-state index contributed by atoms with van der Waals surface area (Å²) in [6.45, 7) is 7.58. The van der Waals surface area contributed by atoms with Crippen LogP contribution in [0.15, 0.2) is 18.5 Å². The third-order valence-corrected chi connectivity index (χ3v) is 3.75. The molecule has 2 aromatic rings. The van der Waals surface area contributed by atoms with Crippen molar-refractivity contribution in [3.63, 3.8) is 0 Å². The lowest BCUT2D eigenvalue weighted by molar-refractivity contribution is 0.522. The largest absolute Gasteiger partial charge is 0.328 e. The van der Waals surface area contributed by atoms with Crippen molar-refractivity contribution in [1.82, 2.24) is 19.9 Å². The van der Waals surface area contributed by atoms with Crippen LogP contribution >= 0.6 is 0 Å². The standard InChI is InChI=1S/C13H18N4/c1-3-17-12-4-5-14-8-11(12)16-13(17)10-7-15-6-9(10)2/h4-5,8-10,15H,3,6-7H2,1-2H3/t9-,10-/m1/s1. The van der Waals surface area contributed by atoms with Crippen LogP contribution in [0.5, 0.6) is 0 Å². The van der Waals surface area contributed by atoms with E-state index in [1.54, 1.807) is 0 Å². The molecule has 0 bridgehead atoms. The van der Waals surface area contributed by atoms with E-state index in [1.807, 2.05) is 12.4 Å². The molecule has 2 atom stereocenters. The third-order valence-electron chi connectivity index (χ3n) is 3.75. The minimum atomic E-state index is 0.530. The first-order valence-corrected chi connectivity index (χ1v) is 6.32. The highest BCUT2D eigenvalue weighted by Gasteiger charge is 2.29. The molecule has 3 heterocycles. The molecule has 0 unspecified atom stereocenters. The summed E-state index contributed by atoms with van der Waals surface area (Å²) in [5.74, 6) is 2.40. The molecule has 90 valence electrons. The molecule has 1 aliphatic rings. The highest BCUT2D eigenvalue weighted by atomic mass is 15.1. The normalized spacial score (nSPS) is 24.6. The van der Waals surface area contributed by atoms with Gasteiger partial charge in [0, 0.05) is 25.2 Å². The van der Waals surface area contributed by atoms with E-state index in [-0.39, 0.29) is 0 Å².